The highest BCUT2D eigenvalue weighted by atomic mass is 35.5. The van der Waals surface area contributed by atoms with E-state index in [1.807, 2.05) is 0 Å². The van der Waals surface area contributed by atoms with Gasteiger partial charge in [0.05, 0.1) is 9.82 Å². The van der Waals surface area contributed by atoms with Crippen molar-refractivity contribution in [2.45, 2.75) is 24.7 Å². The van der Waals surface area contributed by atoms with Gasteiger partial charge in [-0.15, -0.1) is 0 Å². The van der Waals surface area contributed by atoms with Crippen molar-refractivity contribution < 1.29 is 22.9 Å². The largest absolute Gasteiger partial charge is 0.340 e. The number of aryl methyl sites for hydroxylation is 1. The lowest BCUT2D eigenvalue weighted by molar-refractivity contribution is -0.385. The standard InChI is InChI=1S/C21H23ClN4O6S/c1-15-5-6-18(26(29)30)14-19(15)33(31,32)25-11-9-24(10-12-25)21(28)8-7-20(27)23-17-4-2-3-16(22)13-17/h2-6,13-14H,7-12H2,1H3,(H,23,27). The summed E-state index contributed by atoms with van der Waals surface area (Å²) in [6, 6.07) is 10.4. The van der Waals surface area contributed by atoms with E-state index in [-0.39, 0.29) is 61.4 Å². The molecule has 2 aromatic rings. The molecular weight excluding hydrogens is 472 g/mol. The minimum atomic E-state index is -3.95. The average Bonchev–Trinajstić information content (AvgIpc) is 2.77. The summed E-state index contributed by atoms with van der Waals surface area (Å²) in [4.78, 5) is 36.4. The summed E-state index contributed by atoms with van der Waals surface area (Å²) in [5.41, 5.74) is 0.643. The van der Waals surface area contributed by atoms with Crippen LogP contribution in [0.15, 0.2) is 47.4 Å². The predicted octanol–water partition coefficient (Wildman–Crippen LogP) is 2.81. The molecule has 10 nitrogen and oxygen atoms in total. The van der Waals surface area contributed by atoms with Gasteiger partial charge in [0.1, 0.15) is 0 Å². The van der Waals surface area contributed by atoms with Gasteiger partial charge in [0.25, 0.3) is 5.69 Å². The molecule has 0 aliphatic carbocycles. The molecule has 0 aromatic heterocycles. The predicted molar refractivity (Wildman–Crippen MR) is 122 cm³/mol. The van der Waals surface area contributed by atoms with Crippen LogP contribution in [-0.4, -0.2) is 60.5 Å². The Balaban J connectivity index is 1.55. The Morgan fingerprint density at radius 2 is 1.79 bits per heavy atom. The molecule has 0 atom stereocenters. The van der Waals surface area contributed by atoms with Crippen LogP contribution in [0.4, 0.5) is 11.4 Å². The Morgan fingerprint density at radius 1 is 1.09 bits per heavy atom. The van der Waals surface area contributed by atoms with Crippen molar-refractivity contribution in [3.05, 3.63) is 63.2 Å². The summed E-state index contributed by atoms with van der Waals surface area (Å²) in [5, 5.41) is 14.2. The van der Waals surface area contributed by atoms with Gasteiger partial charge in [0.15, 0.2) is 0 Å². The first-order chi connectivity index (χ1) is 15.6. The third kappa shape index (κ3) is 6.06. The SMILES string of the molecule is Cc1ccc([N+](=O)[O-])cc1S(=O)(=O)N1CCN(C(=O)CCC(=O)Nc2cccc(Cl)c2)CC1. The number of amides is 2. The van der Waals surface area contributed by atoms with E-state index in [4.69, 9.17) is 11.6 Å². The lowest BCUT2D eigenvalue weighted by Crippen LogP contribution is -2.50. The number of anilines is 1. The molecule has 0 radical (unpaired) electrons. The van der Waals surface area contributed by atoms with Gasteiger partial charge in [0.2, 0.25) is 21.8 Å². The summed E-state index contributed by atoms with van der Waals surface area (Å²) in [7, 11) is -3.95. The molecule has 0 unspecified atom stereocenters. The summed E-state index contributed by atoms with van der Waals surface area (Å²) in [6.45, 7) is 2.03. The number of non-ortho nitro benzene ring substituents is 1. The van der Waals surface area contributed by atoms with Crippen LogP contribution in [0.1, 0.15) is 18.4 Å². The van der Waals surface area contributed by atoms with E-state index in [1.165, 1.54) is 21.3 Å². The number of sulfonamides is 1. The lowest BCUT2D eigenvalue weighted by Gasteiger charge is -2.34. The Labute approximate surface area is 196 Å². The van der Waals surface area contributed by atoms with Gasteiger partial charge in [-0.25, -0.2) is 8.42 Å². The Kier molecular flexibility index (Phi) is 7.67. The normalized spacial score (nSPS) is 14.7. The monoisotopic (exact) mass is 494 g/mol. The fraction of sp³-hybridized carbons (Fsp3) is 0.333. The minimum absolute atomic E-state index is 0.0108. The molecule has 1 N–H and O–H groups in total. The van der Waals surface area contributed by atoms with Crippen molar-refractivity contribution in [1.82, 2.24) is 9.21 Å². The second-order valence-electron chi connectivity index (χ2n) is 7.55. The molecule has 12 heteroatoms. The maximum Gasteiger partial charge on any atom is 0.270 e. The van der Waals surface area contributed by atoms with Gasteiger partial charge in [-0.1, -0.05) is 23.7 Å². The molecule has 3 rings (SSSR count). The van der Waals surface area contributed by atoms with Crippen LogP contribution in [0.5, 0.6) is 0 Å². The molecule has 176 valence electrons. The zero-order chi connectivity index (χ0) is 24.2. The highest BCUT2D eigenvalue weighted by Gasteiger charge is 2.32. The van der Waals surface area contributed by atoms with Gasteiger partial charge < -0.3 is 10.2 Å². The zero-order valence-corrected chi connectivity index (χ0v) is 19.4. The maximum atomic E-state index is 13.0. The number of hydrogen-bond donors (Lipinski definition) is 1. The van der Waals surface area contributed by atoms with Crippen LogP contribution in [0.2, 0.25) is 5.02 Å². The molecule has 1 heterocycles. The minimum Gasteiger partial charge on any atom is -0.340 e. The molecule has 1 saturated heterocycles. The maximum absolute atomic E-state index is 13.0. The fourth-order valence-corrected chi connectivity index (χ4v) is 5.32. The second kappa shape index (κ2) is 10.3. The second-order valence-corrected chi connectivity index (χ2v) is 9.89. The molecule has 0 bridgehead atoms. The van der Waals surface area contributed by atoms with Crippen LogP contribution in [-0.2, 0) is 19.6 Å². The first kappa shape index (κ1) is 24.6. The van der Waals surface area contributed by atoms with Gasteiger partial charge in [-0.05, 0) is 30.7 Å². The Morgan fingerprint density at radius 3 is 2.42 bits per heavy atom. The number of nitrogens with zero attached hydrogens (tertiary/aromatic N) is 3. The molecule has 0 spiro atoms. The summed E-state index contributed by atoms with van der Waals surface area (Å²) < 4.78 is 27.2. The quantitative estimate of drug-likeness (QED) is 0.465. The molecule has 2 amide bonds. The summed E-state index contributed by atoms with van der Waals surface area (Å²) in [5.74, 6) is -0.576. The number of piperazine rings is 1. The van der Waals surface area contributed by atoms with E-state index in [0.717, 1.165) is 6.07 Å². The number of rotatable bonds is 7. The molecule has 1 aliphatic heterocycles. The van der Waals surface area contributed by atoms with E-state index in [9.17, 15) is 28.1 Å². The number of nitro benzene ring substituents is 1. The molecule has 2 aromatic carbocycles. The lowest BCUT2D eigenvalue weighted by atomic mass is 10.2. The van der Waals surface area contributed by atoms with Gasteiger partial charge in [0, 0.05) is 61.9 Å². The van der Waals surface area contributed by atoms with E-state index in [0.29, 0.717) is 16.3 Å². The van der Waals surface area contributed by atoms with Crippen LogP contribution < -0.4 is 5.32 Å². The molecule has 33 heavy (non-hydrogen) atoms. The van der Waals surface area contributed by atoms with Crippen LogP contribution >= 0.6 is 11.6 Å². The van der Waals surface area contributed by atoms with Crippen molar-refractivity contribution in [2.75, 3.05) is 31.5 Å². The smallest absolute Gasteiger partial charge is 0.270 e. The number of halogens is 1. The van der Waals surface area contributed by atoms with Crippen molar-refractivity contribution in [3.63, 3.8) is 0 Å². The average molecular weight is 495 g/mol. The number of nitro groups is 1. The van der Waals surface area contributed by atoms with E-state index < -0.39 is 14.9 Å². The molecule has 0 saturated carbocycles. The van der Waals surface area contributed by atoms with Crippen LogP contribution in [0.3, 0.4) is 0 Å². The van der Waals surface area contributed by atoms with Crippen molar-refractivity contribution in [2.24, 2.45) is 0 Å². The van der Waals surface area contributed by atoms with E-state index in [2.05, 4.69) is 5.32 Å². The first-order valence-corrected chi connectivity index (χ1v) is 12.0. The third-order valence-corrected chi connectivity index (χ3v) is 7.54. The third-order valence-electron chi connectivity index (χ3n) is 5.27. The highest BCUT2D eigenvalue weighted by Crippen LogP contribution is 2.25. The van der Waals surface area contributed by atoms with Crippen LogP contribution in [0, 0.1) is 17.0 Å². The number of nitrogens with one attached hydrogen (secondary N) is 1. The number of benzene rings is 2. The topological polar surface area (TPSA) is 130 Å². The summed E-state index contributed by atoms with van der Waals surface area (Å²) in [6.07, 6.45) is -0.0279. The number of hydrogen-bond acceptors (Lipinski definition) is 6. The first-order valence-electron chi connectivity index (χ1n) is 10.2. The molecular formula is C21H23ClN4O6S. The number of carbonyl (C=O) groups is 2. The van der Waals surface area contributed by atoms with Crippen molar-refractivity contribution >= 4 is 44.8 Å². The highest BCUT2D eigenvalue weighted by molar-refractivity contribution is 7.89. The van der Waals surface area contributed by atoms with Gasteiger partial charge >= 0.3 is 0 Å². The molecule has 1 fully saturated rings. The number of carbonyl (C=O) groups excluding carboxylic acids is 2. The van der Waals surface area contributed by atoms with Crippen molar-refractivity contribution in [3.8, 4) is 0 Å². The van der Waals surface area contributed by atoms with Crippen LogP contribution in [0.25, 0.3) is 0 Å². The molecule has 1 aliphatic rings. The van der Waals surface area contributed by atoms with E-state index >= 15 is 0 Å². The summed E-state index contributed by atoms with van der Waals surface area (Å²) >= 11 is 5.88. The Bertz CT molecular complexity index is 1180. The van der Waals surface area contributed by atoms with Gasteiger partial charge in [-0.2, -0.15) is 4.31 Å². The fourth-order valence-electron chi connectivity index (χ4n) is 3.47. The van der Waals surface area contributed by atoms with Crippen molar-refractivity contribution in [1.29, 1.82) is 0 Å². The van der Waals surface area contributed by atoms with Gasteiger partial charge in [-0.3, -0.25) is 19.7 Å². The van der Waals surface area contributed by atoms with E-state index in [1.54, 1.807) is 31.2 Å². The zero-order valence-electron chi connectivity index (χ0n) is 17.9. The Hall–Kier alpha value is -3.02.